The smallest absolute Gasteiger partial charge is 0.282 e. The van der Waals surface area contributed by atoms with Crippen molar-refractivity contribution in [3.8, 4) is 6.07 Å². The second kappa shape index (κ2) is 9.77. The van der Waals surface area contributed by atoms with E-state index in [1.165, 1.54) is 4.31 Å². The second-order valence-electron chi connectivity index (χ2n) is 10.4. The Hall–Kier alpha value is -3.31. The lowest BCUT2D eigenvalue weighted by Gasteiger charge is -2.52. The number of nitriles is 1. The van der Waals surface area contributed by atoms with Crippen LogP contribution in [0.5, 0.6) is 0 Å². The Morgan fingerprint density at radius 3 is 2.71 bits per heavy atom. The van der Waals surface area contributed by atoms with Gasteiger partial charge in [-0.15, -0.1) is 0 Å². The van der Waals surface area contributed by atoms with Crippen LogP contribution in [0.25, 0.3) is 10.9 Å². The molecule has 200 valence electrons. The van der Waals surface area contributed by atoms with E-state index in [9.17, 15) is 13.5 Å². The molecule has 3 aromatic rings. The average molecular weight is 538 g/mol. The predicted octanol–water partition coefficient (Wildman–Crippen LogP) is 2.11. The first-order valence-electron chi connectivity index (χ1n) is 13.0. The van der Waals surface area contributed by atoms with Gasteiger partial charge in [-0.25, -0.2) is 4.98 Å². The van der Waals surface area contributed by atoms with E-state index in [1.54, 1.807) is 16.6 Å². The molecule has 0 amide bonds. The summed E-state index contributed by atoms with van der Waals surface area (Å²) in [6.07, 6.45) is 5.86. The molecule has 1 unspecified atom stereocenters. The number of nitrogens with zero attached hydrogens (tertiary/aromatic N) is 7. The predicted molar refractivity (Wildman–Crippen MR) is 142 cm³/mol. The number of anilines is 3. The molecule has 38 heavy (non-hydrogen) atoms. The zero-order valence-electron chi connectivity index (χ0n) is 21.2. The fraction of sp³-hybridized carbons (Fsp3) is 0.520. The maximum absolute atomic E-state index is 13.5. The highest BCUT2D eigenvalue weighted by molar-refractivity contribution is 7.86. The first-order valence-corrected chi connectivity index (χ1v) is 14.4. The third kappa shape index (κ3) is 4.37. The van der Waals surface area contributed by atoms with E-state index in [4.69, 9.17) is 10.2 Å². The second-order valence-corrected chi connectivity index (χ2v) is 12.2. The van der Waals surface area contributed by atoms with Crippen molar-refractivity contribution in [1.29, 1.82) is 5.26 Å². The van der Waals surface area contributed by atoms with Crippen molar-refractivity contribution in [3.05, 3.63) is 36.2 Å². The number of aliphatic hydroxyl groups is 1. The lowest BCUT2D eigenvalue weighted by Crippen LogP contribution is -2.64. The third-order valence-electron chi connectivity index (χ3n) is 8.05. The molecule has 3 aromatic heterocycles. The quantitative estimate of drug-likeness (QED) is 0.411. The molecule has 3 fully saturated rings. The Labute approximate surface area is 221 Å². The molecule has 0 saturated carbocycles. The van der Waals surface area contributed by atoms with E-state index in [0.717, 1.165) is 36.0 Å². The standard InChI is InChI=1S/C25H31N9O3S/c1-32(20-9-18-4-2-5-19(10-20)34(18)38(36,37)33-13-16(12-26)14-33)24-11-22-21(6-3-7-27-22)25(29-24)28-23-8-17(15-35)30-31-23/h3,6-8,11,16,18-20,35H,2,4-5,9-10,13-15H2,1H3,(H2,28,29,30,31)/t18-,19+,20?. The van der Waals surface area contributed by atoms with Crippen LogP contribution >= 0.6 is 0 Å². The van der Waals surface area contributed by atoms with Crippen LogP contribution < -0.4 is 10.2 Å². The lowest BCUT2D eigenvalue weighted by molar-refractivity contribution is 0.0932. The number of piperidine rings is 2. The number of aliphatic hydroxyl groups excluding tert-OH is 1. The SMILES string of the molecule is CN(c1cc2ncccc2c(Nc2cc(CO)[nH]n2)n1)C1C[C@H]2CCC[C@@H](C1)N2S(=O)(=O)N1CC(C#N)C1. The summed E-state index contributed by atoms with van der Waals surface area (Å²) in [5.41, 5.74) is 1.38. The monoisotopic (exact) mass is 537 g/mol. The van der Waals surface area contributed by atoms with Crippen molar-refractivity contribution in [2.75, 3.05) is 30.4 Å². The van der Waals surface area contributed by atoms with Gasteiger partial charge in [0.05, 0.1) is 29.8 Å². The highest BCUT2D eigenvalue weighted by atomic mass is 32.2. The lowest BCUT2D eigenvalue weighted by atomic mass is 9.83. The van der Waals surface area contributed by atoms with E-state index in [-0.39, 0.29) is 43.7 Å². The zero-order chi connectivity index (χ0) is 26.4. The number of aromatic nitrogens is 4. The summed E-state index contributed by atoms with van der Waals surface area (Å²) in [4.78, 5) is 11.6. The molecule has 12 nitrogen and oxygen atoms in total. The topological polar surface area (TPSA) is 154 Å². The van der Waals surface area contributed by atoms with Crippen LogP contribution in [-0.2, 0) is 16.8 Å². The molecule has 0 radical (unpaired) electrons. The highest BCUT2D eigenvalue weighted by Crippen LogP contribution is 2.41. The van der Waals surface area contributed by atoms with Gasteiger partial charge in [-0.2, -0.15) is 27.4 Å². The van der Waals surface area contributed by atoms with Gasteiger partial charge in [-0.3, -0.25) is 10.1 Å². The fourth-order valence-electron chi connectivity index (χ4n) is 6.00. The van der Waals surface area contributed by atoms with E-state index in [1.807, 2.05) is 25.2 Å². The Morgan fingerprint density at radius 2 is 2.03 bits per heavy atom. The molecule has 3 atom stereocenters. The summed E-state index contributed by atoms with van der Waals surface area (Å²) in [6.45, 7) is 0.440. The molecule has 6 heterocycles. The molecule has 0 aromatic carbocycles. The summed E-state index contributed by atoms with van der Waals surface area (Å²) in [5, 5.41) is 29.6. The van der Waals surface area contributed by atoms with Crippen LogP contribution in [0.4, 0.5) is 17.5 Å². The molecule has 3 aliphatic heterocycles. The van der Waals surface area contributed by atoms with Crippen molar-refractivity contribution < 1.29 is 13.5 Å². The number of hydrogen-bond acceptors (Lipinski definition) is 9. The van der Waals surface area contributed by atoms with Crippen molar-refractivity contribution in [2.24, 2.45) is 5.92 Å². The van der Waals surface area contributed by atoms with E-state index < -0.39 is 10.2 Å². The Bertz CT molecular complexity index is 1470. The van der Waals surface area contributed by atoms with Gasteiger partial charge in [-0.1, -0.05) is 6.42 Å². The summed E-state index contributed by atoms with van der Waals surface area (Å²) >= 11 is 0. The summed E-state index contributed by atoms with van der Waals surface area (Å²) in [6, 6.07) is 9.64. The normalized spacial score (nSPS) is 24.6. The summed E-state index contributed by atoms with van der Waals surface area (Å²) in [7, 11) is -1.57. The number of rotatable bonds is 7. The van der Waals surface area contributed by atoms with Crippen LogP contribution in [-0.4, -0.2) is 80.6 Å². The van der Waals surface area contributed by atoms with Gasteiger partial charge in [0.15, 0.2) is 5.82 Å². The summed E-state index contributed by atoms with van der Waals surface area (Å²) < 4.78 is 30.1. The van der Waals surface area contributed by atoms with Crippen LogP contribution in [0.1, 0.15) is 37.8 Å². The van der Waals surface area contributed by atoms with Gasteiger partial charge in [0, 0.05) is 62.0 Å². The van der Waals surface area contributed by atoms with Crippen molar-refractivity contribution >= 4 is 38.6 Å². The molecule has 3 aliphatic rings. The zero-order valence-corrected chi connectivity index (χ0v) is 22.0. The molecule has 0 aliphatic carbocycles. The van der Waals surface area contributed by atoms with E-state index in [2.05, 4.69) is 31.5 Å². The fourth-order valence-corrected chi connectivity index (χ4v) is 8.14. The number of H-pyrrole nitrogens is 1. The van der Waals surface area contributed by atoms with Crippen LogP contribution in [0, 0.1) is 17.2 Å². The van der Waals surface area contributed by atoms with Gasteiger partial charge in [0.2, 0.25) is 0 Å². The maximum Gasteiger partial charge on any atom is 0.282 e. The Morgan fingerprint density at radius 1 is 1.26 bits per heavy atom. The number of hydrogen-bond donors (Lipinski definition) is 3. The number of nitrogens with one attached hydrogen (secondary N) is 2. The Kier molecular flexibility index (Phi) is 6.43. The van der Waals surface area contributed by atoms with E-state index >= 15 is 0 Å². The highest BCUT2D eigenvalue weighted by Gasteiger charge is 2.49. The van der Waals surface area contributed by atoms with Gasteiger partial charge in [-0.05, 0) is 37.8 Å². The maximum atomic E-state index is 13.5. The molecule has 6 rings (SSSR count). The number of fused-ring (bicyclic) bond motifs is 3. The molecule has 2 bridgehead atoms. The van der Waals surface area contributed by atoms with Crippen molar-refractivity contribution in [1.82, 2.24) is 28.8 Å². The number of aromatic amines is 1. The van der Waals surface area contributed by atoms with Crippen molar-refractivity contribution in [2.45, 2.75) is 56.8 Å². The third-order valence-corrected chi connectivity index (χ3v) is 10.1. The van der Waals surface area contributed by atoms with Crippen LogP contribution in [0.2, 0.25) is 0 Å². The molecular weight excluding hydrogens is 506 g/mol. The first kappa shape index (κ1) is 25.0. The molecule has 0 spiro atoms. The van der Waals surface area contributed by atoms with E-state index in [0.29, 0.717) is 30.2 Å². The first-order chi connectivity index (χ1) is 18.4. The Balaban J connectivity index is 1.26. The van der Waals surface area contributed by atoms with Gasteiger partial charge in [0.25, 0.3) is 10.2 Å². The average Bonchev–Trinajstić information content (AvgIpc) is 3.34. The largest absolute Gasteiger partial charge is 0.390 e. The van der Waals surface area contributed by atoms with Gasteiger partial charge >= 0.3 is 0 Å². The van der Waals surface area contributed by atoms with Crippen molar-refractivity contribution in [3.63, 3.8) is 0 Å². The van der Waals surface area contributed by atoms with Gasteiger partial charge < -0.3 is 15.3 Å². The minimum absolute atomic E-state index is 0.0711. The minimum Gasteiger partial charge on any atom is -0.390 e. The number of pyridine rings is 2. The van der Waals surface area contributed by atoms with Gasteiger partial charge in [0.1, 0.15) is 11.6 Å². The summed E-state index contributed by atoms with van der Waals surface area (Å²) in [5.74, 6) is 1.69. The van der Waals surface area contributed by atoms with Crippen LogP contribution in [0.15, 0.2) is 30.5 Å². The molecule has 3 N–H and O–H groups in total. The van der Waals surface area contributed by atoms with Crippen LogP contribution in [0.3, 0.4) is 0 Å². The molecule has 3 saturated heterocycles. The minimum atomic E-state index is -3.58. The molecular formula is C25H31N9O3S. The molecule has 13 heteroatoms.